The first-order chi connectivity index (χ1) is 9.33. The molecule has 1 aliphatic rings. The lowest BCUT2D eigenvalue weighted by Gasteiger charge is -2.27. The summed E-state index contributed by atoms with van der Waals surface area (Å²) in [6, 6.07) is 8.08. The number of nitrogens with zero attached hydrogens (tertiary/aromatic N) is 2. The molecule has 1 N–H and O–H groups in total. The summed E-state index contributed by atoms with van der Waals surface area (Å²) in [5.74, 6) is 0.733. The molecule has 0 amide bonds. The third kappa shape index (κ3) is 2.52. The van der Waals surface area contributed by atoms with Crippen molar-refractivity contribution in [1.82, 2.24) is 10.2 Å². The summed E-state index contributed by atoms with van der Waals surface area (Å²) in [7, 11) is 0. The van der Waals surface area contributed by atoms with E-state index in [1.54, 1.807) is 6.20 Å². The van der Waals surface area contributed by atoms with E-state index in [1.807, 2.05) is 18.2 Å². The van der Waals surface area contributed by atoms with E-state index in [2.05, 4.69) is 21.6 Å². The average Bonchev–Trinajstić information content (AvgIpc) is 2.94. The molecule has 1 aromatic carbocycles. The van der Waals surface area contributed by atoms with Crippen molar-refractivity contribution in [2.24, 2.45) is 5.41 Å². The number of halogens is 1. The molecule has 0 bridgehead atoms. The standard InChI is InChI=1S/C15H18ClN3/c16-10-15(7-3-4-8-15)11-17-14-9-18-19-13-6-2-1-5-12(13)14/h1-2,5-6,9H,3-4,7-8,10-11H2,(H,17,19). The van der Waals surface area contributed by atoms with Crippen LogP contribution in [0.15, 0.2) is 30.5 Å². The maximum Gasteiger partial charge on any atom is 0.0950 e. The monoisotopic (exact) mass is 275 g/mol. The Hall–Kier alpha value is -1.35. The number of aromatic nitrogens is 2. The highest BCUT2D eigenvalue weighted by atomic mass is 35.5. The molecule has 19 heavy (non-hydrogen) atoms. The molecule has 0 spiro atoms. The van der Waals surface area contributed by atoms with E-state index in [1.165, 1.54) is 25.7 Å². The number of benzene rings is 1. The zero-order chi connectivity index (χ0) is 13.1. The topological polar surface area (TPSA) is 37.8 Å². The molecule has 3 nitrogen and oxygen atoms in total. The van der Waals surface area contributed by atoms with Crippen molar-refractivity contribution in [2.45, 2.75) is 25.7 Å². The third-order valence-corrected chi connectivity index (χ3v) is 4.71. The third-order valence-electron chi connectivity index (χ3n) is 4.15. The predicted molar refractivity (Wildman–Crippen MR) is 79.6 cm³/mol. The van der Waals surface area contributed by atoms with E-state index in [9.17, 15) is 0 Å². The quantitative estimate of drug-likeness (QED) is 0.862. The van der Waals surface area contributed by atoms with E-state index >= 15 is 0 Å². The first-order valence-corrected chi connectivity index (χ1v) is 7.37. The number of hydrogen-bond donors (Lipinski definition) is 1. The van der Waals surface area contributed by atoms with Crippen molar-refractivity contribution >= 4 is 28.2 Å². The summed E-state index contributed by atoms with van der Waals surface area (Å²) in [5, 5.41) is 12.9. The number of anilines is 1. The molecule has 1 aromatic heterocycles. The van der Waals surface area contributed by atoms with Gasteiger partial charge in [0.25, 0.3) is 0 Å². The minimum atomic E-state index is 0.256. The lowest BCUT2D eigenvalue weighted by molar-refractivity contribution is 0.368. The van der Waals surface area contributed by atoms with Gasteiger partial charge in [-0.3, -0.25) is 0 Å². The van der Waals surface area contributed by atoms with Crippen molar-refractivity contribution in [3.63, 3.8) is 0 Å². The van der Waals surface area contributed by atoms with Crippen LogP contribution in [0.2, 0.25) is 0 Å². The lowest BCUT2D eigenvalue weighted by Crippen LogP contribution is -2.28. The van der Waals surface area contributed by atoms with Crippen LogP contribution >= 0.6 is 11.6 Å². The van der Waals surface area contributed by atoms with Crippen LogP contribution in [-0.2, 0) is 0 Å². The fraction of sp³-hybridized carbons (Fsp3) is 0.467. The molecular formula is C15H18ClN3. The summed E-state index contributed by atoms with van der Waals surface area (Å²) >= 11 is 6.18. The largest absolute Gasteiger partial charge is 0.383 e. The van der Waals surface area contributed by atoms with Gasteiger partial charge < -0.3 is 5.32 Å². The van der Waals surface area contributed by atoms with E-state index < -0.39 is 0 Å². The molecule has 4 heteroatoms. The normalized spacial score (nSPS) is 17.7. The van der Waals surface area contributed by atoms with Crippen LogP contribution < -0.4 is 5.32 Å². The van der Waals surface area contributed by atoms with Gasteiger partial charge in [-0.25, -0.2) is 0 Å². The van der Waals surface area contributed by atoms with Gasteiger partial charge in [-0.1, -0.05) is 31.0 Å². The molecule has 1 saturated carbocycles. The molecule has 2 aromatic rings. The molecule has 0 radical (unpaired) electrons. The first-order valence-electron chi connectivity index (χ1n) is 6.83. The van der Waals surface area contributed by atoms with Gasteiger partial charge in [0.15, 0.2) is 0 Å². The Labute approximate surface area is 118 Å². The van der Waals surface area contributed by atoms with Crippen molar-refractivity contribution in [2.75, 3.05) is 17.7 Å². The Balaban J connectivity index is 1.82. The number of hydrogen-bond acceptors (Lipinski definition) is 3. The van der Waals surface area contributed by atoms with E-state index in [0.717, 1.165) is 29.0 Å². The van der Waals surface area contributed by atoms with Crippen molar-refractivity contribution in [3.8, 4) is 0 Å². The van der Waals surface area contributed by atoms with Gasteiger partial charge in [0.05, 0.1) is 17.4 Å². The van der Waals surface area contributed by atoms with Crippen LogP contribution in [0.1, 0.15) is 25.7 Å². The van der Waals surface area contributed by atoms with Crippen LogP contribution in [0.25, 0.3) is 10.9 Å². The highest BCUT2D eigenvalue weighted by Gasteiger charge is 2.32. The summed E-state index contributed by atoms with van der Waals surface area (Å²) in [5.41, 5.74) is 2.24. The van der Waals surface area contributed by atoms with Gasteiger partial charge in [0.1, 0.15) is 0 Å². The fourth-order valence-electron chi connectivity index (χ4n) is 2.91. The second-order valence-corrected chi connectivity index (χ2v) is 5.74. The summed E-state index contributed by atoms with van der Waals surface area (Å²) < 4.78 is 0. The Bertz CT molecular complexity index is 559. The van der Waals surface area contributed by atoms with Gasteiger partial charge in [-0.2, -0.15) is 10.2 Å². The maximum absolute atomic E-state index is 6.18. The van der Waals surface area contributed by atoms with Crippen molar-refractivity contribution in [3.05, 3.63) is 30.5 Å². The summed E-state index contributed by atoms with van der Waals surface area (Å²) in [4.78, 5) is 0. The maximum atomic E-state index is 6.18. The minimum absolute atomic E-state index is 0.256. The van der Waals surface area contributed by atoms with Crippen LogP contribution in [0.4, 0.5) is 5.69 Å². The second-order valence-electron chi connectivity index (χ2n) is 5.47. The number of nitrogens with one attached hydrogen (secondary N) is 1. The Morgan fingerprint density at radius 2 is 2.00 bits per heavy atom. The zero-order valence-electron chi connectivity index (χ0n) is 10.9. The number of rotatable bonds is 4. The molecule has 1 heterocycles. The fourth-order valence-corrected chi connectivity index (χ4v) is 3.27. The van der Waals surface area contributed by atoms with Gasteiger partial charge in [-0.15, -0.1) is 11.6 Å². The van der Waals surface area contributed by atoms with E-state index in [-0.39, 0.29) is 5.41 Å². The molecule has 1 aliphatic carbocycles. The van der Waals surface area contributed by atoms with E-state index in [0.29, 0.717) is 0 Å². The molecule has 0 atom stereocenters. The van der Waals surface area contributed by atoms with Gasteiger partial charge in [0.2, 0.25) is 0 Å². The van der Waals surface area contributed by atoms with Crippen LogP contribution in [-0.4, -0.2) is 22.6 Å². The molecule has 0 saturated heterocycles. The summed E-state index contributed by atoms with van der Waals surface area (Å²) in [6.07, 6.45) is 6.84. The second kappa shape index (κ2) is 5.33. The van der Waals surface area contributed by atoms with Gasteiger partial charge >= 0.3 is 0 Å². The minimum Gasteiger partial charge on any atom is -0.383 e. The zero-order valence-corrected chi connectivity index (χ0v) is 11.7. The average molecular weight is 276 g/mol. The number of fused-ring (bicyclic) bond motifs is 1. The summed E-state index contributed by atoms with van der Waals surface area (Å²) in [6.45, 7) is 0.923. The van der Waals surface area contributed by atoms with Crippen LogP contribution in [0.5, 0.6) is 0 Å². The van der Waals surface area contributed by atoms with Crippen LogP contribution in [0, 0.1) is 5.41 Å². The van der Waals surface area contributed by atoms with Crippen molar-refractivity contribution < 1.29 is 0 Å². The van der Waals surface area contributed by atoms with Crippen molar-refractivity contribution in [1.29, 1.82) is 0 Å². The predicted octanol–water partition coefficient (Wildman–Crippen LogP) is 3.84. The highest BCUT2D eigenvalue weighted by molar-refractivity contribution is 6.18. The molecule has 100 valence electrons. The molecule has 0 aliphatic heterocycles. The van der Waals surface area contributed by atoms with E-state index in [4.69, 9.17) is 11.6 Å². The molecule has 3 rings (SSSR count). The Morgan fingerprint density at radius 1 is 1.21 bits per heavy atom. The molecule has 0 unspecified atom stereocenters. The molecular weight excluding hydrogens is 258 g/mol. The van der Waals surface area contributed by atoms with Crippen LogP contribution in [0.3, 0.4) is 0 Å². The smallest absolute Gasteiger partial charge is 0.0950 e. The Kier molecular flexibility index (Phi) is 3.56. The lowest BCUT2D eigenvalue weighted by atomic mass is 9.88. The van der Waals surface area contributed by atoms with Gasteiger partial charge in [0, 0.05) is 23.2 Å². The highest BCUT2D eigenvalue weighted by Crippen LogP contribution is 2.39. The van der Waals surface area contributed by atoms with Gasteiger partial charge in [-0.05, 0) is 18.9 Å². The number of alkyl halides is 1. The first kappa shape index (κ1) is 12.7. The molecule has 1 fully saturated rings. The Morgan fingerprint density at radius 3 is 2.79 bits per heavy atom. The SMILES string of the molecule is ClCC1(CNc2cnnc3ccccc23)CCCC1.